The first kappa shape index (κ1) is 11.6. The van der Waals surface area contributed by atoms with Crippen LogP contribution in [-0.4, -0.2) is 11.3 Å². The Kier molecular flexibility index (Phi) is 3.04. The average Bonchev–Trinajstić information content (AvgIpc) is 1.99. The van der Waals surface area contributed by atoms with Crippen molar-refractivity contribution in [3.63, 3.8) is 0 Å². The highest BCUT2D eigenvalue weighted by molar-refractivity contribution is 9.10. The molecule has 4 nitrogen and oxygen atoms in total. The second kappa shape index (κ2) is 3.94. The predicted molar refractivity (Wildman–Crippen MR) is 47.7 cm³/mol. The Morgan fingerprint density at radius 3 is 2.53 bits per heavy atom. The first-order chi connectivity index (χ1) is 6.83. The van der Waals surface area contributed by atoms with Gasteiger partial charge in [0.05, 0.1) is 0 Å². The molecular weight excluding hydrogens is 279 g/mol. The van der Waals surface area contributed by atoms with E-state index in [4.69, 9.17) is 11.0 Å². The zero-order valence-electron chi connectivity index (χ0n) is 6.97. The van der Waals surface area contributed by atoms with Crippen molar-refractivity contribution in [1.82, 2.24) is 4.98 Å². The quantitative estimate of drug-likeness (QED) is 0.857. The number of nitrogens with zero attached hydrogens (tertiary/aromatic N) is 2. The molecule has 0 aliphatic rings. The summed E-state index contributed by atoms with van der Waals surface area (Å²) in [7, 11) is 0. The van der Waals surface area contributed by atoms with Crippen LogP contribution in [0.5, 0.6) is 5.88 Å². The molecule has 0 unspecified atom stereocenters. The third-order valence-corrected chi connectivity index (χ3v) is 1.93. The van der Waals surface area contributed by atoms with Gasteiger partial charge in [0.15, 0.2) is 0 Å². The number of nitrogen functional groups attached to an aromatic ring is 1. The van der Waals surface area contributed by atoms with Gasteiger partial charge < -0.3 is 10.5 Å². The van der Waals surface area contributed by atoms with E-state index in [0.29, 0.717) is 0 Å². The summed E-state index contributed by atoms with van der Waals surface area (Å²) in [6.07, 6.45) is -4.84. The third-order valence-electron chi connectivity index (χ3n) is 1.31. The van der Waals surface area contributed by atoms with Crippen LogP contribution in [0.25, 0.3) is 0 Å². The van der Waals surface area contributed by atoms with Gasteiger partial charge in [-0.05, 0) is 15.9 Å². The van der Waals surface area contributed by atoms with E-state index in [0.717, 1.165) is 6.07 Å². The van der Waals surface area contributed by atoms with Gasteiger partial charge in [-0.2, -0.15) is 10.2 Å². The van der Waals surface area contributed by atoms with Crippen molar-refractivity contribution in [1.29, 1.82) is 5.26 Å². The Hall–Kier alpha value is -1.49. The first-order valence-electron chi connectivity index (χ1n) is 3.45. The van der Waals surface area contributed by atoms with Crippen LogP contribution in [0.4, 0.5) is 19.0 Å². The number of anilines is 1. The van der Waals surface area contributed by atoms with E-state index in [1.807, 2.05) is 0 Å². The average molecular weight is 282 g/mol. The number of aromatic nitrogens is 1. The minimum absolute atomic E-state index is 0.0375. The molecule has 1 aromatic heterocycles. The lowest BCUT2D eigenvalue weighted by Gasteiger charge is -2.09. The lowest BCUT2D eigenvalue weighted by Crippen LogP contribution is -2.18. The van der Waals surface area contributed by atoms with Crippen molar-refractivity contribution in [2.45, 2.75) is 6.36 Å². The Bertz CT molecular complexity index is 403. The van der Waals surface area contributed by atoms with Gasteiger partial charge >= 0.3 is 6.36 Å². The zero-order valence-corrected chi connectivity index (χ0v) is 8.56. The van der Waals surface area contributed by atoms with Crippen LogP contribution in [0.15, 0.2) is 10.5 Å². The zero-order chi connectivity index (χ0) is 11.6. The molecule has 2 N–H and O–H groups in total. The van der Waals surface area contributed by atoms with Crippen molar-refractivity contribution in [3.8, 4) is 11.9 Å². The van der Waals surface area contributed by atoms with Crippen LogP contribution < -0.4 is 10.5 Å². The summed E-state index contributed by atoms with van der Waals surface area (Å²) in [5.74, 6) is -1.04. The highest BCUT2D eigenvalue weighted by Gasteiger charge is 2.32. The number of ether oxygens (including phenoxy) is 1. The van der Waals surface area contributed by atoms with Crippen LogP contribution in [0.1, 0.15) is 5.56 Å². The topological polar surface area (TPSA) is 71.9 Å². The van der Waals surface area contributed by atoms with Crippen LogP contribution >= 0.6 is 15.9 Å². The minimum Gasteiger partial charge on any atom is -0.388 e. The molecule has 0 radical (unpaired) electrons. The molecule has 0 aliphatic heterocycles. The van der Waals surface area contributed by atoms with Crippen LogP contribution in [0.3, 0.4) is 0 Å². The van der Waals surface area contributed by atoms with E-state index in [1.165, 1.54) is 0 Å². The molecule has 0 fully saturated rings. The molecule has 1 rings (SSSR count). The number of alkyl halides is 3. The summed E-state index contributed by atoms with van der Waals surface area (Å²) >= 11 is 2.88. The molecule has 8 heteroatoms. The van der Waals surface area contributed by atoms with E-state index >= 15 is 0 Å². The molecule has 0 amide bonds. The fourth-order valence-electron chi connectivity index (χ4n) is 0.791. The van der Waals surface area contributed by atoms with Crippen LogP contribution in [-0.2, 0) is 0 Å². The molecule has 1 heterocycles. The van der Waals surface area contributed by atoms with Crippen molar-refractivity contribution in [2.75, 3.05) is 5.73 Å². The van der Waals surface area contributed by atoms with Crippen molar-refractivity contribution >= 4 is 21.7 Å². The highest BCUT2D eigenvalue weighted by Crippen LogP contribution is 2.28. The predicted octanol–water partition coefficient (Wildman–Crippen LogP) is 2.20. The monoisotopic (exact) mass is 281 g/mol. The van der Waals surface area contributed by atoms with Gasteiger partial charge in [0.2, 0.25) is 5.88 Å². The molecular formula is C7H3BrF3N3O. The van der Waals surface area contributed by atoms with E-state index in [9.17, 15) is 13.2 Å². The third kappa shape index (κ3) is 2.99. The smallest absolute Gasteiger partial charge is 0.388 e. The lowest BCUT2D eigenvalue weighted by atomic mass is 10.3. The Balaban J connectivity index is 3.11. The minimum atomic E-state index is -4.84. The normalized spacial score (nSPS) is 10.9. The molecule has 0 bridgehead atoms. The largest absolute Gasteiger partial charge is 0.574 e. The molecule has 1 aromatic rings. The SMILES string of the molecule is N#Cc1c(Br)cc(OC(F)(F)F)nc1N. The number of pyridine rings is 1. The highest BCUT2D eigenvalue weighted by atomic mass is 79.9. The van der Waals surface area contributed by atoms with Crippen molar-refractivity contribution < 1.29 is 17.9 Å². The van der Waals surface area contributed by atoms with Gasteiger partial charge in [-0.1, -0.05) is 0 Å². The Morgan fingerprint density at radius 1 is 1.53 bits per heavy atom. The number of halogens is 4. The van der Waals surface area contributed by atoms with Crippen LogP contribution in [0.2, 0.25) is 0 Å². The summed E-state index contributed by atoms with van der Waals surface area (Å²) in [4.78, 5) is 3.27. The van der Waals surface area contributed by atoms with Gasteiger partial charge in [-0.3, -0.25) is 0 Å². The first-order valence-corrected chi connectivity index (χ1v) is 4.24. The standard InChI is InChI=1S/C7H3BrF3N3O/c8-4-1-5(15-7(9,10)11)14-6(13)3(4)2-12/h1H,(H2,13,14). The Labute approximate surface area is 90.6 Å². The summed E-state index contributed by atoms with van der Waals surface area (Å²) in [5.41, 5.74) is 5.20. The summed E-state index contributed by atoms with van der Waals surface area (Å²) < 4.78 is 39.0. The molecule has 0 spiro atoms. The summed E-state index contributed by atoms with van der Waals surface area (Å²) in [6.45, 7) is 0. The molecule has 0 aliphatic carbocycles. The van der Waals surface area contributed by atoms with E-state index in [2.05, 4.69) is 25.7 Å². The molecule has 0 saturated heterocycles. The van der Waals surface area contributed by atoms with Gasteiger partial charge in [-0.15, -0.1) is 13.2 Å². The molecule has 80 valence electrons. The van der Waals surface area contributed by atoms with Crippen molar-refractivity contribution in [3.05, 3.63) is 16.1 Å². The maximum Gasteiger partial charge on any atom is 0.574 e. The van der Waals surface area contributed by atoms with Gasteiger partial charge in [0, 0.05) is 10.5 Å². The summed E-state index contributed by atoms with van der Waals surface area (Å²) in [5, 5.41) is 8.56. The Morgan fingerprint density at radius 2 is 2.13 bits per heavy atom. The second-order valence-electron chi connectivity index (χ2n) is 2.36. The van der Waals surface area contributed by atoms with E-state index in [1.54, 1.807) is 6.07 Å². The van der Waals surface area contributed by atoms with Crippen molar-refractivity contribution in [2.24, 2.45) is 0 Å². The fourth-order valence-corrected chi connectivity index (χ4v) is 1.28. The molecule has 0 aromatic carbocycles. The maximum atomic E-state index is 11.8. The van der Waals surface area contributed by atoms with Gasteiger partial charge in [0.1, 0.15) is 17.5 Å². The number of hydrogen-bond acceptors (Lipinski definition) is 4. The lowest BCUT2D eigenvalue weighted by molar-refractivity contribution is -0.276. The van der Waals surface area contributed by atoms with E-state index < -0.39 is 12.2 Å². The number of rotatable bonds is 1. The number of nitrogens with two attached hydrogens (primary N) is 1. The second-order valence-corrected chi connectivity index (χ2v) is 3.22. The van der Waals surface area contributed by atoms with Crippen LogP contribution in [0, 0.1) is 11.3 Å². The summed E-state index contributed by atoms with van der Waals surface area (Å²) in [6, 6.07) is 2.60. The molecule has 15 heavy (non-hydrogen) atoms. The molecule has 0 saturated carbocycles. The number of nitriles is 1. The fraction of sp³-hybridized carbons (Fsp3) is 0.143. The molecule has 0 atom stereocenters. The maximum absolute atomic E-state index is 11.8. The number of hydrogen-bond donors (Lipinski definition) is 1. The van der Waals surface area contributed by atoms with Gasteiger partial charge in [0.25, 0.3) is 0 Å². The van der Waals surface area contributed by atoms with Gasteiger partial charge in [-0.25, -0.2) is 0 Å². The van der Waals surface area contributed by atoms with E-state index in [-0.39, 0.29) is 15.9 Å².